The van der Waals surface area contributed by atoms with E-state index in [0.29, 0.717) is 16.5 Å². The van der Waals surface area contributed by atoms with Crippen LogP contribution in [0.5, 0.6) is 5.75 Å². The molecule has 0 unspecified atom stereocenters. The van der Waals surface area contributed by atoms with Crippen LogP contribution >= 0.6 is 11.6 Å². The van der Waals surface area contributed by atoms with E-state index in [2.05, 4.69) is 41.5 Å². The van der Waals surface area contributed by atoms with Crippen LogP contribution in [0.1, 0.15) is 48.0 Å². The first-order chi connectivity index (χ1) is 17.6. The van der Waals surface area contributed by atoms with E-state index in [1.807, 2.05) is 53.4 Å². The Kier molecular flexibility index (Phi) is 7.38. The first-order valence-electron chi connectivity index (χ1n) is 12.5. The fourth-order valence-corrected chi connectivity index (χ4v) is 4.90. The molecule has 0 aliphatic carbocycles. The monoisotopic (exact) mass is 499 g/mol. The standard InChI is InChI=1S/C30H30ClN3O2/c1-2-19-36-26-10-5-21(6-11-26)22-14-17-34(18-15-22)30(35)23-3-8-25(9-4-23)33-28-13-16-32-29-20-24(31)7-12-27(28)29/h3-13,16,20,22H,2,14-15,17-19H2,1H3,(H,32,33). The van der Waals surface area contributed by atoms with Crippen molar-refractivity contribution in [3.8, 4) is 5.75 Å². The Morgan fingerprint density at radius 2 is 1.78 bits per heavy atom. The summed E-state index contributed by atoms with van der Waals surface area (Å²) < 4.78 is 5.69. The quantitative estimate of drug-likeness (QED) is 0.287. The van der Waals surface area contributed by atoms with Crippen molar-refractivity contribution < 1.29 is 9.53 Å². The summed E-state index contributed by atoms with van der Waals surface area (Å²) in [5.41, 5.74) is 4.74. The van der Waals surface area contributed by atoms with Gasteiger partial charge in [0.15, 0.2) is 0 Å². The highest BCUT2D eigenvalue weighted by Crippen LogP contribution is 2.31. The van der Waals surface area contributed by atoms with E-state index < -0.39 is 0 Å². The number of benzene rings is 3. The van der Waals surface area contributed by atoms with Gasteiger partial charge in [0.05, 0.1) is 12.1 Å². The zero-order valence-corrected chi connectivity index (χ0v) is 21.2. The highest BCUT2D eigenvalue weighted by molar-refractivity contribution is 6.31. The summed E-state index contributed by atoms with van der Waals surface area (Å²) in [5, 5.41) is 5.09. The lowest BCUT2D eigenvalue weighted by atomic mass is 9.89. The molecule has 1 saturated heterocycles. The minimum absolute atomic E-state index is 0.0901. The molecule has 1 N–H and O–H groups in total. The lowest BCUT2D eigenvalue weighted by molar-refractivity contribution is 0.0713. The van der Waals surface area contributed by atoms with Gasteiger partial charge in [-0.15, -0.1) is 0 Å². The number of halogens is 1. The number of carbonyl (C=O) groups excluding carboxylic acids is 1. The molecule has 0 bridgehead atoms. The van der Waals surface area contributed by atoms with Crippen LogP contribution in [0.3, 0.4) is 0 Å². The van der Waals surface area contributed by atoms with Crippen LogP contribution in [0.15, 0.2) is 79.0 Å². The lowest BCUT2D eigenvalue weighted by Gasteiger charge is -2.32. The van der Waals surface area contributed by atoms with Gasteiger partial charge in [-0.05, 0) is 91.4 Å². The maximum atomic E-state index is 13.1. The average molecular weight is 500 g/mol. The van der Waals surface area contributed by atoms with Crippen molar-refractivity contribution in [1.82, 2.24) is 9.88 Å². The summed E-state index contributed by atoms with van der Waals surface area (Å²) in [6.45, 7) is 4.38. The second-order valence-corrected chi connectivity index (χ2v) is 9.64. The minimum atomic E-state index is 0.0901. The number of likely N-dealkylation sites (tertiary alicyclic amines) is 1. The molecule has 1 fully saturated rings. The van der Waals surface area contributed by atoms with Crippen molar-refractivity contribution >= 4 is 39.8 Å². The molecule has 1 aromatic heterocycles. The van der Waals surface area contributed by atoms with Crippen LogP contribution < -0.4 is 10.1 Å². The summed E-state index contributed by atoms with van der Waals surface area (Å²) in [6.07, 6.45) is 4.71. The molecule has 36 heavy (non-hydrogen) atoms. The number of hydrogen-bond acceptors (Lipinski definition) is 4. The van der Waals surface area contributed by atoms with Crippen molar-refractivity contribution in [3.05, 3.63) is 95.1 Å². The number of nitrogens with one attached hydrogen (secondary N) is 1. The molecule has 4 aromatic rings. The van der Waals surface area contributed by atoms with Crippen molar-refractivity contribution in [2.24, 2.45) is 0 Å². The van der Waals surface area contributed by atoms with Gasteiger partial charge in [-0.2, -0.15) is 0 Å². The van der Waals surface area contributed by atoms with Gasteiger partial charge in [0.2, 0.25) is 0 Å². The Morgan fingerprint density at radius 1 is 1.03 bits per heavy atom. The number of carbonyl (C=O) groups is 1. The first kappa shape index (κ1) is 24.1. The Balaban J connectivity index is 1.19. The Hall–Kier alpha value is -3.57. The number of amides is 1. The van der Waals surface area contributed by atoms with E-state index in [4.69, 9.17) is 16.3 Å². The third-order valence-electron chi connectivity index (χ3n) is 6.72. The molecule has 0 atom stereocenters. The lowest BCUT2D eigenvalue weighted by Crippen LogP contribution is -2.37. The van der Waals surface area contributed by atoms with Crippen LogP contribution in [0.2, 0.25) is 5.02 Å². The number of nitrogens with zero attached hydrogens (tertiary/aromatic N) is 2. The molecule has 1 aliphatic heterocycles. The zero-order chi connectivity index (χ0) is 24.9. The summed E-state index contributed by atoms with van der Waals surface area (Å²) >= 11 is 6.10. The third-order valence-corrected chi connectivity index (χ3v) is 6.96. The molecule has 3 aromatic carbocycles. The number of hydrogen-bond donors (Lipinski definition) is 1. The fraction of sp³-hybridized carbons (Fsp3) is 0.267. The van der Waals surface area contributed by atoms with E-state index >= 15 is 0 Å². The van der Waals surface area contributed by atoms with Crippen LogP contribution in [0, 0.1) is 0 Å². The van der Waals surface area contributed by atoms with Crippen LogP contribution in [0.25, 0.3) is 10.9 Å². The SMILES string of the molecule is CCCOc1ccc(C2CCN(C(=O)c3ccc(Nc4ccnc5cc(Cl)ccc45)cc3)CC2)cc1. The molecule has 2 heterocycles. The van der Waals surface area contributed by atoms with Crippen molar-refractivity contribution in [2.75, 3.05) is 25.0 Å². The number of fused-ring (bicyclic) bond motifs is 1. The van der Waals surface area contributed by atoms with E-state index in [1.54, 1.807) is 6.20 Å². The van der Waals surface area contributed by atoms with Gasteiger partial charge in [-0.25, -0.2) is 0 Å². The maximum absolute atomic E-state index is 13.1. The average Bonchev–Trinajstić information content (AvgIpc) is 2.92. The molecule has 0 radical (unpaired) electrons. The Morgan fingerprint density at radius 3 is 2.50 bits per heavy atom. The number of pyridine rings is 1. The molecule has 6 heteroatoms. The Bertz CT molecular complexity index is 1330. The van der Waals surface area contributed by atoms with E-state index in [9.17, 15) is 4.79 Å². The molecular formula is C30H30ClN3O2. The number of ether oxygens (including phenoxy) is 1. The zero-order valence-electron chi connectivity index (χ0n) is 20.4. The number of piperidine rings is 1. The minimum Gasteiger partial charge on any atom is -0.494 e. The molecule has 0 saturated carbocycles. The highest BCUT2D eigenvalue weighted by Gasteiger charge is 2.24. The highest BCUT2D eigenvalue weighted by atomic mass is 35.5. The second kappa shape index (κ2) is 11.0. The first-order valence-corrected chi connectivity index (χ1v) is 12.9. The summed E-state index contributed by atoms with van der Waals surface area (Å²) in [5.74, 6) is 1.49. The van der Waals surface area contributed by atoms with Gasteiger partial charge in [0.1, 0.15) is 5.75 Å². The van der Waals surface area contributed by atoms with Crippen LogP contribution in [0.4, 0.5) is 11.4 Å². The summed E-state index contributed by atoms with van der Waals surface area (Å²) in [7, 11) is 0. The van der Waals surface area contributed by atoms with Gasteiger partial charge in [-0.3, -0.25) is 9.78 Å². The van der Waals surface area contributed by atoms with Crippen LogP contribution in [-0.4, -0.2) is 35.5 Å². The van der Waals surface area contributed by atoms with Crippen molar-refractivity contribution in [1.29, 1.82) is 0 Å². The predicted octanol–water partition coefficient (Wildman–Crippen LogP) is 7.44. The van der Waals surface area contributed by atoms with Gasteiger partial charge in [0.25, 0.3) is 5.91 Å². The summed E-state index contributed by atoms with van der Waals surface area (Å²) in [4.78, 5) is 19.5. The van der Waals surface area contributed by atoms with Gasteiger partial charge < -0.3 is 15.0 Å². The Labute approximate surface area is 217 Å². The molecule has 1 aliphatic rings. The third kappa shape index (κ3) is 5.47. The second-order valence-electron chi connectivity index (χ2n) is 9.21. The van der Waals surface area contributed by atoms with Crippen molar-refractivity contribution in [2.45, 2.75) is 32.1 Å². The largest absolute Gasteiger partial charge is 0.494 e. The summed E-state index contributed by atoms with van der Waals surface area (Å²) in [6, 6.07) is 23.7. The fourth-order valence-electron chi connectivity index (χ4n) is 4.74. The molecule has 1 amide bonds. The molecule has 184 valence electrons. The number of rotatable bonds is 7. The van der Waals surface area contributed by atoms with Gasteiger partial charge in [0, 0.05) is 46.6 Å². The van der Waals surface area contributed by atoms with Gasteiger partial charge >= 0.3 is 0 Å². The van der Waals surface area contributed by atoms with Crippen LogP contribution in [-0.2, 0) is 0 Å². The topological polar surface area (TPSA) is 54.5 Å². The maximum Gasteiger partial charge on any atom is 0.253 e. The van der Waals surface area contributed by atoms with E-state index in [-0.39, 0.29) is 5.91 Å². The van der Waals surface area contributed by atoms with Gasteiger partial charge in [-0.1, -0.05) is 30.7 Å². The molecule has 0 spiro atoms. The smallest absolute Gasteiger partial charge is 0.253 e. The number of anilines is 2. The van der Waals surface area contributed by atoms with Crippen molar-refractivity contribution in [3.63, 3.8) is 0 Å². The van der Waals surface area contributed by atoms with E-state index in [0.717, 1.165) is 67.0 Å². The molecular weight excluding hydrogens is 470 g/mol. The number of aromatic nitrogens is 1. The predicted molar refractivity (Wildman–Crippen MR) is 147 cm³/mol. The van der Waals surface area contributed by atoms with E-state index in [1.165, 1.54) is 5.56 Å². The molecule has 5 rings (SSSR count). The normalized spacial score (nSPS) is 14.1. The molecule has 5 nitrogen and oxygen atoms in total.